The van der Waals surface area contributed by atoms with Crippen molar-refractivity contribution in [3.05, 3.63) is 76.3 Å². The molecule has 0 saturated carbocycles. The highest BCUT2D eigenvalue weighted by molar-refractivity contribution is 7.13. The van der Waals surface area contributed by atoms with Gasteiger partial charge in [0.05, 0.1) is 36.6 Å². The minimum absolute atomic E-state index is 0.151. The van der Waals surface area contributed by atoms with Gasteiger partial charge in [-0.3, -0.25) is 10.2 Å². The van der Waals surface area contributed by atoms with Crippen LogP contribution in [0.3, 0.4) is 0 Å². The summed E-state index contributed by atoms with van der Waals surface area (Å²) in [4.78, 5) is 15.8. The zero-order chi connectivity index (χ0) is 21.2. The van der Waals surface area contributed by atoms with E-state index in [0.717, 1.165) is 16.9 Å². The van der Waals surface area contributed by atoms with E-state index < -0.39 is 0 Å². The van der Waals surface area contributed by atoms with Gasteiger partial charge in [0.1, 0.15) is 12.4 Å². The van der Waals surface area contributed by atoms with Crippen molar-refractivity contribution in [2.45, 2.75) is 20.0 Å². The fourth-order valence-electron chi connectivity index (χ4n) is 2.51. The number of thiazole rings is 1. The Morgan fingerprint density at radius 1 is 1.30 bits per heavy atom. The van der Waals surface area contributed by atoms with Crippen LogP contribution in [0.15, 0.2) is 59.0 Å². The Hall–Kier alpha value is -3.70. The van der Waals surface area contributed by atoms with Crippen LogP contribution < -0.4 is 10.2 Å². The maximum atomic E-state index is 11.5. The Morgan fingerprint density at radius 3 is 2.90 bits per heavy atom. The molecule has 1 aromatic heterocycles. The first-order chi connectivity index (χ1) is 14.7. The van der Waals surface area contributed by atoms with Gasteiger partial charge in [-0.05, 0) is 54.4 Å². The van der Waals surface area contributed by atoms with Crippen LogP contribution in [0.4, 0.5) is 5.13 Å². The summed E-state index contributed by atoms with van der Waals surface area (Å²) in [5, 5.41) is 15.5. The van der Waals surface area contributed by atoms with Crippen LogP contribution in [-0.4, -0.2) is 23.8 Å². The minimum Gasteiger partial charge on any atom is -0.489 e. The number of carbonyl (C=O) groups excluding carboxylic acids is 1. The van der Waals surface area contributed by atoms with Crippen LogP contribution in [0.5, 0.6) is 5.75 Å². The van der Waals surface area contributed by atoms with Crippen LogP contribution in [-0.2, 0) is 22.6 Å². The van der Waals surface area contributed by atoms with Crippen LogP contribution in [0.25, 0.3) is 0 Å². The zero-order valence-electron chi connectivity index (χ0n) is 16.4. The van der Waals surface area contributed by atoms with Crippen LogP contribution in [0, 0.1) is 11.3 Å². The first-order valence-electron chi connectivity index (χ1n) is 9.27. The summed E-state index contributed by atoms with van der Waals surface area (Å²) in [7, 11) is 0. The van der Waals surface area contributed by atoms with Gasteiger partial charge >= 0.3 is 5.97 Å². The van der Waals surface area contributed by atoms with E-state index in [1.54, 1.807) is 24.6 Å². The van der Waals surface area contributed by atoms with Gasteiger partial charge in [-0.15, -0.1) is 11.3 Å². The smallest absolute Gasteiger partial charge is 0.311 e. The van der Waals surface area contributed by atoms with Gasteiger partial charge in [0.2, 0.25) is 5.13 Å². The van der Waals surface area contributed by atoms with Crippen LogP contribution in [0.1, 0.15) is 29.3 Å². The first-order valence-corrected chi connectivity index (χ1v) is 10.1. The Morgan fingerprint density at radius 2 is 2.13 bits per heavy atom. The minimum atomic E-state index is -0.294. The number of esters is 1. The molecule has 0 bridgehead atoms. The molecule has 0 saturated heterocycles. The predicted molar refractivity (Wildman–Crippen MR) is 116 cm³/mol. The molecule has 0 aliphatic rings. The zero-order valence-corrected chi connectivity index (χ0v) is 17.2. The summed E-state index contributed by atoms with van der Waals surface area (Å²) in [6.07, 6.45) is 1.82. The van der Waals surface area contributed by atoms with Crippen molar-refractivity contribution in [2.24, 2.45) is 5.10 Å². The van der Waals surface area contributed by atoms with E-state index in [-0.39, 0.29) is 12.4 Å². The number of benzene rings is 2. The van der Waals surface area contributed by atoms with Crippen molar-refractivity contribution in [3.8, 4) is 11.8 Å². The summed E-state index contributed by atoms with van der Waals surface area (Å²) in [6.45, 7) is 2.52. The molecule has 0 aliphatic heterocycles. The Labute approximate surface area is 178 Å². The number of anilines is 1. The maximum absolute atomic E-state index is 11.5. The van der Waals surface area contributed by atoms with Crippen LogP contribution >= 0.6 is 11.3 Å². The quantitative estimate of drug-likeness (QED) is 0.317. The lowest BCUT2D eigenvalue weighted by molar-refractivity contribution is -0.142. The van der Waals surface area contributed by atoms with E-state index in [2.05, 4.69) is 21.6 Å². The van der Waals surface area contributed by atoms with Gasteiger partial charge in [0.15, 0.2) is 0 Å². The number of hydrogen-bond donors (Lipinski definition) is 1. The average molecular weight is 420 g/mol. The molecular formula is C22H20N4O3S. The molecular weight excluding hydrogens is 400 g/mol. The number of nitrogens with one attached hydrogen (secondary N) is 1. The van der Waals surface area contributed by atoms with Crippen molar-refractivity contribution in [1.29, 1.82) is 5.26 Å². The molecule has 7 nitrogen and oxygen atoms in total. The Bertz CT molecular complexity index is 1050. The van der Waals surface area contributed by atoms with E-state index in [9.17, 15) is 4.79 Å². The highest BCUT2D eigenvalue weighted by Crippen LogP contribution is 2.17. The average Bonchev–Trinajstić information content (AvgIpc) is 3.20. The lowest BCUT2D eigenvalue weighted by Gasteiger charge is -2.06. The van der Waals surface area contributed by atoms with Crippen molar-refractivity contribution in [2.75, 3.05) is 12.0 Å². The molecule has 0 radical (unpaired) electrons. The van der Waals surface area contributed by atoms with E-state index in [1.807, 2.05) is 42.5 Å². The van der Waals surface area contributed by atoms with Gasteiger partial charge in [0.25, 0.3) is 0 Å². The fraction of sp³-hybridized carbons (Fsp3) is 0.182. The molecule has 3 aromatic rings. The number of nitrogens with zero attached hydrogens (tertiary/aromatic N) is 3. The third-order valence-corrected chi connectivity index (χ3v) is 4.69. The number of carbonyl (C=O) groups is 1. The molecule has 8 heteroatoms. The second-order valence-electron chi connectivity index (χ2n) is 6.17. The molecule has 0 atom stereocenters. The second kappa shape index (κ2) is 10.7. The molecule has 3 rings (SSSR count). The fourth-order valence-corrected chi connectivity index (χ4v) is 3.17. The van der Waals surface area contributed by atoms with Crippen LogP contribution in [0.2, 0.25) is 0 Å². The number of aromatic nitrogens is 1. The van der Waals surface area contributed by atoms with Gasteiger partial charge in [-0.1, -0.05) is 12.1 Å². The molecule has 1 N–H and O–H groups in total. The van der Waals surface area contributed by atoms with Gasteiger partial charge in [0, 0.05) is 5.38 Å². The maximum Gasteiger partial charge on any atom is 0.311 e. The second-order valence-corrected chi connectivity index (χ2v) is 7.02. The summed E-state index contributed by atoms with van der Waals surface area (Å²) in [5.41, 5.74) is 5.96. The van der Waals surface area contributed by atoms with E-state index in [0.29, 0.717) is 29.6 Å². The highest BCUT2D eigenvalue weighted by atomic mass is 32.1. The molecule has 0 aliphatic carbocycles. The topological polar surface area (TPSA) is 96.6 Å². The van der Waals surface area contributed by atoms with Gasteiger partial charge < -0.3 is 9.47 Å². The molecule has 0 spiro atoms. The molecule has 30 heavy (non-hydrogen) atoms. The standard InChI is InChI=1S/C22H20N4O3S/c1-2-28-21(27)11-19-15-30-22(25-19)26-24-13-16-6-8-20(9-7-16)29-14-18-5-3-4-17(10-18)12-23/h3-10,13,15H,2,11,14H2,1H3,(H,25,26). The summed E-state index contributed by atoms with van der Waals surface area (Å²) in [6, 6.07) is 16.9. The van der Waals surface area contributed by atoms with Crippen molar-refractivity contribution in [1.82, 2.24) is 4.98 Å². The van der Waals surface area contributed by atoms with E-state index in [1.165, 1.54) is 11.3 Å². The molecule has 0 unspecified atom stereocenters. The van der Waals surface area contributed by atoms with E-state index >= 15 is 0 Å². The predicted octanol–water partition coefficient (Wildman–Crippen LogP) is 4.15. The van der Waals surface area contributed by atoms with Crippen molar-refractivity contribution in [3.63, 3.8) is 0 Å². The van der Waals surface area contributed by atoms with E-state index in [4.69, 9.17) is 14.7 Å². The monoisotopic (exact) mass is 420 g/mol. The lowest BCUT2D eigenvalue weighted by Crippen LogP contribution is -2.07. The Balaban J connectivity index is 1.48. The number of ether oxygens (including phenoxy) is 2. The normalized spacial score (nSPS) is 10.5. The third kappa shape index (κ3) is 6.43. The third-order valence-electron chi connectivity index (χ3n) is 3.90. The SMILES string of the molecule is CCOC(=O)Cc1csc(NN=Cc2ccc(OCc3cccc(C#N)c3)cc2)n1. The van der Waals surface area contributed by atoms with Gasteiger partial charge in [-0.25, -0.2) is 4.98 Å². The summed E-state index contributed by atoms with van der Waals surface area (Å²) in [5.74, 6) is 0.434. The van der Waals surface area contributed by atoms with Crippen molar-refractivity contribution >= 4 is 28.7 Å². The molecule has 0 amide bonds. The molecule has 152 valence electrons. The number of nitriles is 1. The highest BCUT2D eigenvalue weighted by Gasteiger charge is 2.07. The largest absolute Gasteiger partial charge is 0.489 e. The number of hydrogen-bond acceptors (Lipinski definition) is 8. The summed E-state index contributed by atoms with van der Waals surface area (Å²) < 4.78 is 10.7. The van der Waals surface area contributed by atoms with Gasteiger partial charge in [-0.2, -0.15) is 10.4 Å². The lowest BCUT2D eigenvalue weighted by atomic mass is 10.1. The number of hydrazone groups is 1. The molecule has 2 aromatic carbocycles. The Kier molecular flexibility index (Phi) is 7.52. The molecule has 1 heterocycles. The number of rotatable bonds is 9. The summed E-state index contributed by atoms with van der Waals surface area (Å²) >= 11 is 1.37. The first kappa shape index (κ1) is 21.0. The molecule has 0 fully saturated rings. The van der Waals surface area contributed by atoms with Crippen molar-refractivity contribution < 1.29 is 14.3 Å².